The van der Waals surface area contributed by atoms with Crippen molar-refractivity contribution >= 4 is 17.5 Å². The molecule has 6 nitrogen and oxygen atoms in total. The number of benzene rings is 1. The lowest BCUT2D eigenvalue weighted by molar-refractivity contribution is 0.405. The zero-order valence-corrected chi connectivity index (χ0v) is 14.4. The third-order valence-electron chi connectivity index (χ3n) is 3.47. The van der Waals surface area contributed by atoms with Gasteiger partial charge >= 0.3 is 0 Å². The fourth-order valence-corrected chi connectivity index (χ4v) is 2.29. The lowest BCUT2D eigenvalue weighted by Crippen LogP contribution is -2.17. The molecule has 23 heavy (non-hydrogen) atoms. The second-order valence-electron chi connectivity index (χ2n) is 6.12. The lowest BCUT2D eigenvalue weighted by Gasteiger charge is -2.14. The van der Waals surface area contributed by atoms with E-state index in [9.17, 15) is 0 Å². The quantitative estimate of drug-likeness (QED) is 0.730. The number of nitrogens with one attached hydrogen (secondary N) is 2. The summed E-state index contributed by atoms with van der Waals surface area (Å²) in [5.41, 5.74) is 2.31. The van der Waals surface area contributed by atoms with Gasteiger partial charge in [0.2, 0.25) is 5.95 Å². The molecule has 0 spiro atoms. The Morgan fingerprint density at radius 3 is 2.70 bits per heavy atom. The molecule has 0 radical (unpaired) electrons. The Morgan fingerprint density at radius 2 is 1.96 bits per heavy atom. The van der Waals surface area contributed by atoms with Crippen LogP contribution in [0.5, 0.6) is 0 Å². The molecule has 1 aromatic heterocycles. The number of hydrogen-bond donors (Lipinski definition) is 2. The van der Waals surface area contributed by atoms with Crippen LogP contribution < -0.4 is 10.6 Å². The van der Waals surface area contributed by atoms with Crippen LogP contribution in [0.1, 0.15) is 31.7 Å². The van der Waals surface area contributed by atoms with E-state index in [-0.39, 0.29) is 0 Å². The molecule has 0 unspecified atom stereocenters. The normalized spacial score (nSPS) is 11.0. The molecule has 0 aliphatic heterocycles. The zero-order chi connectivity index (χ0) is 16.7. The lowest BCUT2D eigenvalue weighted by atomic mass is 10.0. The van der Waals surface area contributed by atoms with Crippen molar-refractivity contribution in [1.29, 1.82) is 0 Å². The molecule has 2 aromatic rings. The highest BCUT2D eigenvalue weighted by Gasteiger charge is 2.07. The van der Waals surface area contributed by atoms with Gasteiger partial charge < -0.3 is 15.5 Å². The molecule has 1 aromatic carbocycles. The highest BCUT2D eigenvalue weighted by Crippen LogP contribution is 2.26. The molecule has 0 saturated carbocycles. The van der Waals surface area contributed by atoms with Gasteiger partial charge in [0.25, 0.3) is 0 Å². The van der Waals surface area contributed by atoms with Crippen LogP contribution in [0.4, 0.5) is 17.5 Å². The Balaban J connectivity index is 2.00. The maximum absolute atomic E-state index is 4.48. The second kappa shape index (κ2) is 8.43. The van der Waals surface area contributed by atoms with Crippen LogP contribution in [0.25, 0.3) is 0 Å². The summed E-state index contributed by atoms with van der Waals surface area (Å²) in [4.78, 5) is 6.63. The van der Waals surface area contributed by atoms with Crippen LogP contribution in [0.3, 0.4) is 0 Å². The molecule has 0 aliphatic carbocycles. The van der Waals surface area contributed by atoms with E-state index in [4.69, 9.17) is 0 Å². The molecule has 0 fully saturated rings. The Hall–Kier alpha value is -2.21. The topological polar surface area (TPSA) is 66.0 Å². The predicted octanol–water partition coefficient (Wildman–Crippen LogP) is 3.10. The van der Waals surface area contributed by atoms with Gasteiger partial charge in [-0.3, -0.25) is 0 Å². The fourth-order valence-electron chi connectivity index (χ4n) is 2.29. The maximum Gasteiger partial charge on any atom is 0.244 e. The highest BCUT2D eigenvalue weighted by atomic mass is 15.3. The van der Waals surface area contributed by atoms with E-state index in [1.165, 1.54) is 5.56 Å². The molecule has 0 bridgehead atoms. The van der Waals surface area contributed by atoms with Gasteiger partial charge in [0.05, 0.1) is 6.20 Å². The first-order valence-electron chi connectivity index (χ1n) is 8.00. The number of nitrogens with zero attached hydrogens (tertiary/aromatic N) is 4. The van der Waals surface area contributed by atoms with E-state index in [1.807, 2.05) is 6.07 Å². The van der Waals surface area contributed by atoms with Crippen LogP contribution in [-0.4, -0.2) is 47.3 Å². The van der Waals surface area contributed by atoms with Gasteiger partial charge in [-0.05, 0) is 44.6 Å². The zero-order valence-electron chi connectivity index (χ0n) is 14.4. The molecule has 2 N–H and O–H groups in total. The second-order valence-corrected chi connectivity index (χ2v) is 6.12. The highest BCUT2D eigenvalue weighted by molar-refractivity contribution is 5.61. The number of aromatic nitrogens is 3. The summed E-state index contributed by atoms with van der Waals surface area (Å²) in [5.74, 6) is 1.69. The summed E-state index contributed by atoms with van der Waals surface area (Å²) in [6, 6.07) is 8.25. The largest absolute Gasteiger partial charge is 0.353 e. The van der Waals surface area contributed by atoms with Crippen LogP contribution in [0.2, 0.25) is 0 Å². The summed E-state index contributed by atoms with van der Waals surface area (Å²) < 4.78 is 0. The van der Waals surface area contributed by atoms with Crippen LogP contribution in [0, 0.1) is 0 Å². The summed E-state index contributed by atoms with van der Waals surface area (Å²) in [5, 5.41) is 14.6. The van der Waals surface area contributed by atoms with Crippen LogP contribution >= 0.6 is 0 Å². The van der Waals surface area contributed by atoms with Gasteiger partial charge in [0.15, 0.2) is 5.82 Å². The average Bonchev–Trinajstić information content (AvgIpc) is 2.52. The molecular weight excluding hydrogens is 288 g/mol. The van der Waals surface area contributed by atoms with Crippen molar-refractivity contribution in [2.75, 3.05) is 37.8 Å². The van der Waals surface area contributed by atoms with Crippen molar-refractivity contribution in [2.45, 2.75) is 26.2 Å². The van der Waals surface area contributed by atoms with Crippen molar-refractivity contribution < 1.29 is 0 Å². The SMILES string of the molecule is CC(C)c1ccccc1Nc1cnnc(NCCCN(C)C)n1. The first-order valence-corrected chi connectivity index (χ1v) is 8.00. The van der Waals surface area contributed by atoms with Gasteiger partial charge in [0, 0.05) is 12.2 Å². The smallest absolute Gasteiger partial charge is 0.244 e. The van der Waals surface area contributed by atoms with Gasteiger partial charge in [0.1, 0.15) is 0 Å². The van der Waals surface area contributed by atoms with Crippen molar-refractivity contribution in [3.63, 3.8) is 0 Å². The standard InChI is InChI=1S/C17H26N6/c1-13(2)14-8-5-6-9-15(14)20-16-12-19-22-17(21-16)18-10-7-11-23(3)4/h5-6,8-9,12-13H,7,10-11H2,1-4H3,(H2,18,20,21,22). The monoisotopic (exact) mass is 314 g/mol. The average molecular weight is 314 g/mol. The molecule has 0 amide bonds. The molecule has 0 aliphatic rings. The van der Waals surface area contributed by atoms with Crippen LogP contribution in [0.15, 0.2) is 30.5 Å². The number of rotatable bonds is 8. The third-order valence-corrected chi connectivity index (χ3v) is 3.47. The third kappa shape index (κ3) is 5.49. The first kappa shape index (κ1) is 17.1. The Bertz CT molecular complexity index is 612. The van der Waals surface area contributed by atoms with E-state index in [0.717, 1.165) is 25.2 Å². The van der Waals surface area contributed by atoms with Crippen molar-refractivity contribution in [3.8, 4) is 0 Å². The first-order chi connectivity index (χ1) is 11.1. The molecule has 6 heteroatoms. The summed E-state index contributed by atoms with van der Waals surface area (Å²) in [6.45, 7) is 6.21. The van der Waals surface area contributed by atoms with E-state index in [0.29, 0.717) is 17.7 Å². The molecular formula is C17H26N6. The molecule has 0 atom stereocenters. The summed E-state index contributed by atoms with van der Waals surface area (Å²) in [7, 11) is 4.13. The molecule has 2 rings (SSSR count). The van der Waals surface area contributed by atoms with E-state index < -0.39 is 0 Å². The fraction of sp³-hybridized carbons (Fsp3) is 0.471. The van der Waals surface area contributed by atoms with Crippen molar-refractivity contribution in [2.24, 2.45) is 0 Å². The number of hydrogen-bond acceptors (Lipinski definition) is 6. The Labute approximate surface area is 138 Å². The number of anilines is 3. The predicted molar refractivity (Wildman–Crippen MR) is 95.3 cm³/mol. The van der Waals surface area contributed by atoms with E-state index in [2.05, 4.69) is 76.9 Å². The molecule has 124 valence electrons. The van der Waals surface area contributed by atoms with Gasteiger partial charge in [-0.1, -0.05) is 32.0 Å². The Kier molecular flexibility index (Phi) is 6.29. The van der Waals surface area contributed by atoms with Crippen LogP contribution in [-0.2, 0) is 0 Å². The summed E-state index contributed by atoms with van der Waals surface area (Å²) >= 11 is 0. The van der Waals surface area contributed by atoms with E-state index in [1.54, 1.807) is 6.20 Å². The minimum absolute atomic E-state index is 0.442. The number of para-hydroxylation sites is 1. The van der Waals surface area contributed by atoms with Crippen molar-refractivity contribution in [3.05, 3.63) is 36.0 Å². The maximum atomic E-state index is 4.48. The van der Waals surface area contributed by atoms with Gasteiger partial charge in [-0.15, -0.1) is 5.10 Å². The molecule has 1 heterocycles. The molecule has 0 saturated heterocycles. The van der Waals surface area contributed by atoms with Crippen molar-refractivity contribution in [1.82, 2.24) is 20.1 Å². The minimum atomic E-state index is 0.442. The Morgan fingerprint density at radius 1 is 1.17 bits per heavy atom. The minimum Gasteiger partial charge on any atom is -0.353 e. The van der Waals surface area contributed by atoms with Gasteiger partial charge in [-0.2, -0.15) is 10.1 Å². The van der Waals surface area contributed by atoms with Gasteiger partial charge in [-0.25, -0.2) is 0 Å². The summed E-state index contributed by atoms with van der Waals surface area (Å²) in [6.07, 6.45) is 2.67. The van der Waals surface area contributed by atoms with E-state index >= 15 is 0 Å².